The van der Waals surface area contributed by atoms with Crippen LogP contribution in [0.4, 0.5) is 0 Å². The summed E-state index contributed by atoms with van der Waals surface area (Å²) in [6, 6.07) is 0. The van der Waals surface area contributed by atoms with E-state index in [1.54, 1.807) is 0 Å². The molecule has 26 heavy (non-hydrogen) atoms. The van der Waals surface area contributed by atoms with Crippen molar-refractivity contribution in [1.82, 2.24) is 0 Å². The number of hydrogen-bond donors (Lipinski definition) is 3. The second-order valence-electron chi connectivity index (χ2n) is 6.39. The van der Waals surface area contributed by atoms with Gasteiger partial charge in [-0.05, 0) is 25.7 Å². The number of hydrogen-bond acceptors (Lipinski definition) is 6. The van der Waals surface area contributed by atoms with E-state index in [2.05, 4.69) is 4.89 Å². The van der Waals surface area contributed by atoms with E-state index in [1.807, 2.05) is 0 Å². The van der Waals surface area contributed by atoms with Crippen LogP contribution < -0.4 is 0 Å². The summed E-state index contributed by atoms with van der Waals surface area (Å²) in [5.41, 5.74) is 0. The number of unbranched alkanes of at least 4 members (excludes halogenated alkanes) is 8. The Labute approximate surface area is 154 Å². The summed E-state index contributed by atoms with van der Waals surface area (Å²) in [4.78, 5) is 36.6. The van der Waals surface area contributed by atoms with Crippen molar-refractivity contribution in [2.75, 3.05) is 0 Å². The quantitative estimate of drug-likeness (QED) is 0.108. The highest BCUT2D eigenvalue weighted by molar-refractivity contribution is 5.69. The van der Waals surface area contributed by atoms with Gasteiger partial charge in [0.05, 0.1) is 0 Å². The molecule has 0 aromatic rings. The highest BCUT2D eigenvalue weighted by Crippen LogP contribution is 2.13. The van der Waals surface area contributed by atoms with Gasteiger partial charge in [-0.15, -0.1) is 0 Å². The van der Waals surface area contributed by atoms with Crippen LogP contribution >= 0.6 is 0 Å². The summed E-state index contributed by atoms with van der Waals surface area (Å²) in [6.45, 7) is 0. The third kappa shape index (κ3) is 17.2. The minimum Gasteiger partial charge on any atom is -0.481 e. The van der Waals surface area contributed by atoms with E-state index in [9.17, 15) is 14.4 Å². The molecule has 1 atom stereocenters. The first-order chi connectivity index (χ1) is 12.5. The van der Waals surface area contributed by atoms with Crippen molar-refractivity contribution in [3.05, 3.63) is 0 Å². The Balaban J connectivity index is 3.57. The molecule has 0 aromatic carbocycles. The molecule has 0 aromatic heterocycles. The van der Waals surface area contributed by atoms with Crippen LogP contribution in [0.5, 0.6) is 0 Å². The lowest BCUT2D eigenvalue weighted by atomic mass is 10.1. The molecule has 3 N–H and O–H groups in total. The topological polar surface area (TPSA) is 130 Å². The lowest BCUT2D eigenvalue weighted by Crippen LogP contribution is -2.20. The van der Waals surface area contributed by atoms with Crippen LogP contribution in [0, 0.1) is 0 Å². The van der Waals surface area contributed by atoms with Crippen LogP contribution in [0.15, 0.2) is 0 Å². The van der Waals surface area contributed by atoms with Gasteiger partial charge in [-0.2, -0.15) is 4.89 Å². The molecule has 0 fully saturated rings. The molecule has 0 saturated heterocycles. The second-order valence-corrected chi connectivity index (χ2v) is 6.39. The molecule has 0 bridgehead atoms. The first kappa shape index (κ1) is 24.3. The fourth-order valence-corrected chi connectivity index (χ4v) is 2.53. The molecule has 0 saturated carbocycles. The number of ether oxygens (including phenoxy) is 1. The van der Waals surface area contributed by atoms with Crippen LogP contribution in [-0.4, -0.2) is 39.7 Å². The van der Waals surface area contributed by atoms with Crippen LogP contribution in [0.3, 0.4) is 0 Å². The fourth-order valence-electron chi connectivity index (χ4n) is 2.53. The monoisotopic (exact) mass is 376 g/mol. The number of esters is 1. The van der Waals surface area contributed by atoms with E-state index < -0.39 is 24.2 Å². The smallest absolute Gasteiger partial charge is 0.308 e. The Morgan fingerprint density at radius 2 is 1.08 bits per heavy atom. The third-order valence-electron chi connectivity index (χ3n) is 3.98. The lowest BCUT2D eigenvalue weighted by Gasteiger charge is -2.14. The first-order valence-electron chi connectivity index (χ1n) is 9.39. The van der Waals surface area contributed by atoms with Crippen LogP contribution in [0.25, 0.3) is 0 Å². The molecule has 8 nitrogen and oxygen atoms in total. The van der Waals surface area contributed by atoms with Crippen molar-refractivity contribution in [2.45, 2.75) is 96.2 Å². The summed E-state index contributed by atoms with van der Waals surface area (Å²) in [6.07, 6.45) is 7.84. The molecular weight excluding hydrogens is 344 g/mol. The summed E-state index contributed by atoms with van der Waals surface area (Å²) in [5.74, 6) is -1.99. The molecule has 0 spiro atoms. The molecule has 0 radical (unpaired) electrons. The number of rotatable bonds is 18. The van der Waals surface area contributed by atoms with Gasteiger partial charge < -0.3 is 14.9 Å². The first-order valence-corrected chi connectivity index (χ1v) is 9.39. The average Bonchev–Trinajstić information content (AvgIpc) is 2.58. The normalized spacial score (nSPS) is 11.9. The summed E-state index contributed by atoms with van der Waals surface area (Å²) in [5, 5.41) is 25.8. The van der Waals surface area contributed by atoms with Crippen LogP contribution in [0.2, 0.25) is 0 Å². The molecule has 1 unspecified atom stereocenters. The van der Waals surface area contributed by atoms with E-state index in [0.29, 0.717) is 25.7 Å². The van der Waals surface area contributed by atoms with E-state index in [1.165, 1.54) is 0 Å². The van der Waals surface area contributed by atoms with E-state index in [-0.39, 0.29) is 19.3 Å². The van der Waals surface area contributed by atoms with Gasteiger partial charge in [0.2, 0.25) is 6.29 Å². The maximum Gasteiger partial charge on any atom is 0.308 e. The highest BCUT2D eigenvalue weighted by Gasteiger charge is 2.14. The maximum atomic E-state index is 11.7. The Morgan fingerprint density at radius 1 is 0.654 bits per heavy atom. The number of carboxylic acid groups (broad SMARTS) is 2. The Morgan fingerprint density at radius 3 is 1.54 bits per heavy atom. The van der Waals surface area contributed by atoms with Crippen LogP contribution in [-0.2, 0) is 24.0 Å². The largest absolute Gasteiger partial charge is 0.481 e. The molecule has 0 aliphatic heterocycles. The fraction of sp³-hybridized carbons (Fsp3) is 0.833. The zero-order valence-corrected chi connectivity index (χ0v) is 15.4. The molecule has 0 amide bonds. The molecule has 0 rings (SSSR count). The minimum absolute atomic E-state index is 0.178. The number of carbonyl (C=O) groups is 3. The number of carbonyl (C=O) groups excluding carboxylic acids is 1. The third-order valence-corrected chi connectivity index (χ3v) is 3.98. The van der Waals surface area contributed by atoms with Crippen molar-refractivity contribution in [3.8, 4) is 0 Å². The molecule has 8 heteroatoms. The zero-order chi connectivity index (χ0) is 19.6. The predicted molar refractivity (Wildman–Crippen MR) is 93.5 cm³/mol. The van der Waals surface area contributed by atoms with E-state index in [0.717, 1.165) is 44.9 Å². The van der Waals surface area contributed by atoms with E-state index in [4.69, 9.17) is 20.2 Å². The van der Waals surface area contributed by atoms with Gasteiger partial charge in [0, 0.05) is 25.7 Å². The van der Waals surface area contributed by atoms with Gasteiger partial charge in [-0.3, -0.25) is 14.4 Å². The second kappa shape index (κ2) is 16.8. The average molecular weight is 376 g/mol. The Bertz CT molecular complexity index is 397. The van der Waals surface area contributed by atoms with Gasteiger partial charge in [0.15, 0.2) is 0 Å². The Hall–Kier alpha value is -1.67. The van der Waals surface area contributed by atoms with Crippen LogP contribution in [0.1, 0.15) is 89.9 Å². The lowest BCUT2D eigenvalue weighted by molar-refractivity contribution is -0.338. The summed E-state index contributed by atoms with van der Waals surface area (Å²) in [7, 11) is 0. The van der Waals surface area contributed by atoms with Crippen molar-refractivity contribution in [3.63, 3.8) is 0 Å². The van der Waals surface area contributed by atoms with Crippen molar-refractivity contribution >= 4 is 17.9 Å². The van der Waals surface area contributed by atoms with Crippen molar-refractivity contribution in [1.29, 1.82) is 0 Å². The Kier molecular flexibility index (Phi) is 15.7. The molecule has 0 aliphatic carbocycles. The standard InChI is InChI=1S/C18H32O8/c19-15(20)11-7-3-1-5-9-13-17(23)25-18(26-24)14-10-6-2-4-8-12-16(21)22/h18,24H,1-14H2,(H,19,20)(H,21,22). The van der Waals surface area contributed by atoms with E-state index >= 15 is 0 Å². The highest BCUT2D eigenvalue weighted by atomic mass is 17.1. The van der Waals surface area contributed by atoms with Gasteiger partial charge >= 0.3 is 17.9 Å². The molecule has 0 aliphatic rings. The van der Waals surface area contributed by atoms with Gasteiger partial charge in [0.1, 0.15) is 0 Å². The zero-order valence-electron chi connectivity index (χ0n) is 15.4. The minimum atomic E-state index is -0.961. The molecule has 152 valence electrons. The maximum absolute atomic E-state index is 11.7. The van der Waals surface area contributed by atoms with Gasteiger partial charge in [-0.1, -0.05) is 38.5 Å². The number of aliphatic carboxylic acids is 2. The van der Waals surface area contributed by atoms with Crippen molar-refractivity contribution < 1.29 is 39.5 Å². The molecule has 0 heterocycles. The van der Waals surface area contributed by atoms with Gasteiger partial charge in [0.25, 0.3) is 0 Å². The summed E-state index contributed by atoms with van der Waals surface area (Å²) >= 11 is 0. The number of carboxylic acids is 2. The van der Waals surface area contributed by atoms with Gasteiger partial charge in [-0.25, -0.2) is 5.26 Å². The molecular formula is C18H32O8. The predicted octanol–water partition coefficient (Wildman–Crippen LogP) is 3.98. The SMILES string of the molecule is O=C(O)CCCCCCCC(=O)OC(CCCCCCCC(=O)O)OO. The summed E-state index contributed by atoms with van der Waals surface area (Å²) < 4.78 is 5.05. The van der Waals surface area contributed by atoms with Crippen molar-refractivity contribution in [2.24, 2.45) is 0 Å².